The Morgan fingerprint density at radius 1 is 1.45 bits per heavy atom. The fourth-order valence-corrected chi connectivity index (χ4v) is 1.99. The van der Waals surface area contributed by atoms with Crippen molar-refractivity contribution < 1.29 is 14.7 Å². The molecule has 2 N–H and O–H groups in total. The van der Waals surface area contributed by atoms with Crippen molar-refractivity contribution in [2.45, 2.75) is 0 Å². The van der Waals surface area contributed by atoms with Gasteiger partial charge in [-0.05, 0) is 18.2 Å². The van der Waals surface area contributed by atoms with Gasteiger partial charge in [0, 0.05) is 23.1 Å². The Morgan fingerprint density at radius 2 is 2.20 bits per heavy atom. The fourth-order valence-electron chi connectivity index (χ4n) is 1.59. The predicted molar refractivity (Wildman–Crippen MR) is 80.3 cm³/mol. The van der Waals surface area contributed by atoms with E-state index in [-0.39, 0.29) is 31.5 Å². The molecule has 1 rings (SSSR count). The normalized spacial score (nSPS) is 9.90. The van der Waals surface area contributed by atoms with Crippen LogP contribution in [0.15, 0.2) is 41.4 Å². The van der Waals surface area contributed by atoms with Gasteiger partial charge in [-0.3, -0.25) is 9.59 Å². The molecule has 0 unspecified atom stereocenters. The number of benzene rings is 1. The van der Waals surface area contributed by atoms with Crippen LogP contribution in [0.2, 0.25) is 0 Å². The largest absolute Gasteiger partial charge is 0.395 e. The van der Waals surface area contributed by atoms with Gasteiger partial charge in [0.15, 0.2) is 0 Å². The third kappa shape index (κ3) is 5.14. The van der Waals surface area contributed by atoms with Crippen LogP contribution in [0.4, 0.5) is 0 Å². The lowest BCUT2D eigenvalue weighted by Gasteiger charge is -2.20. The summed E-state index contributed by atoms with van der Waals surface area (Å²) in [6.45, 7) is 3.87. The lowest BCUT2D eigenvalue weighted by atomic mass is 10.2. The highest BCUT2D eigenvalue weighted by Gasteiger charge is 2.13. The minimum absolute atomic E-state index is 0.112. The topological polar surface area (TPSA) is 69.6 Å². The zero-order chi connectivity index (χ0) is 15.0. The maximum atomic E-state index is 11.9. The molecule has 6 heteroatoms. The molecule has 0 aromatic heterocycles. The molecule has 0 spiro atoms. The highest BCUT2D eigenvalue weighted by atomic mass is 79.9. The summed E-state index contributed by atoms with van der Waals surface area (Å²) >= 11 is 3.28. The molecule has 0 radical (unpaired) electrons. The molecule has 0 aliphatic heterocycles. The van der Waals surface area contributed by atoms with Gasteiger partial charge in [-0.25, -0.2) is 0 Å². The zero-order valence-corrected chi connectivity index (χ0v) is 12.6. The number of halogens is 1. The molecule has 0 atom stereocenters. The van der Waals surface area contributed by atoms with Gasteiger partial charge >= 0.3 is 0 Å². The molecule has 0 saturated carbocycles. The number of aliphatic hydroxyl groups is 1. The van der Waals surface area contributed by atoms with Gasteiger partial charge < -0.3 is 15.3 Å². The van der Waals surface area contributed by atoms with Gasteiger partial charge in [-0.15, -0.1) is 6.58 Å². The number of aliphatic hydroxyl groups excluding tert-OH is 1. The van der Waals surface area contributed by atoms with E-state index in [1.165, 1.54) is 4.90 Å². The van der Waals surface area contributed by atoms with Crippen molar-refractivity contribution in [3.8, 4) is 0 Å². The summed E-state index contributed by atoms with van der Waals surface area (Å²) in [7, 11) is 0. The molecular weight excluding hydrogens is 324 g/mol. The number of amides is 2. The van der Waals surface area contributed by atoms with Crippen molar-refractivity contribution in [1.29, 1.82) is 0 Å². The van der Waals surface area contributed by atoms with Crippen molar-refractivity contribution >= 4 is 27.7 Å². The molecule has 0 saturated heterocycles. The van der Waals surface area contributed by atoms with E-state index >= 15 is 0 Å². The quantitative estimate of drug-likeness (QED) is 0.732. The van der Waals surface area contributed by atoms with E-state index in [9.17, 15) is 9.59 Å². The van der Waals surface area contributed by atoms with E-state index < -0.39 is 0 Å². The van der Waals surface area contributed by atoms with Crippen LogP contribution in [0.3, 0.4) is 0 Å². The number of rotatable bonds is 7. The fraction of sp³-hybridized carbons (Fsp3) is 0.286. The summed E-state index contributed by atoms with van der Waals surface area (Å²) < 4.78 is 0.796. The van der Waals surface area contributed by atoms with Crippen LogP contribution in [0.1, 0.15) is 10.4 Å². The van der Waals surface area contributed by atoms with Crippen LogP contribution < -0.4 is 5.32 Å². The first-order valence-corrected chi connectivity index (χ1v) is 6.91. The summed E-state index contributed by atoms with van der Waals surface area (Å²) in [4.78, 5) is 25.2. The Bertz CT molecular complexity index is 491. The highest BCUT2D eigenvalue weighted by molar-refractivity contribution is 9.10. The first kappa shape index (κ1) is 16.4. The van der Waals surface area contributed by atoms with Crippen LogP contribution in [-0.4, -0.2) is 48.1 Å². The van der Waals surface area contributed by atoms with E-state index in [1.54, 1.807) is 24.3 Å². The summed E-state index contributed by atoms with van der Waals surface area (Å²) in [6, 6.07) is 6.90. The highest BCUT2D eigenvalue weighted by Crippen LogP contribution is 2.11. The van der Waals surface area contributed by atoms with E-state index in [4.69, 9.17) is 5.11 Å². The minimum Gasteiger partial charge on any atom is -0.395 e. The van der Waals surface area contributed by atoms with Crippen molar-refractivity contribution in [3.05, 3.63) is 47.0 Å². The molecule has 0 fully saturated rings. The number of carbonyl (C=O) groups is 2. The first-order chi connectivity index (χ1) is 9.58. The molecule has 0 heterocycles. The molecule has 0 aliphatic rings. The summed E-state index contributed by atoms with van der Waals surface area (Å²) in [6.07, 6.45) is 1.57. The minimum atomic E-state index is -0.317. The lowest BCUT2D eigenvalue weighted by Crippen LogP contribution is -2.41. The Hall–Kier alpha value is -1.66. The van der Waals surface area contributed by atoms with Crippen LogP contribution >= 0.6 is 15.9 Å². The molecule has 0 aliphatic carbocycles. The van der Waals surface area contributed by atoms with Crippen LogP contribution in [-0.2, 0) is 4.79 Å². The Kier molecular flexibility index (Phi) is 6.97. The Morgan fingerprint density at radius 3 is 2.80 bits per heavy atom. The smallest absolute Gasteiger partial charge is 0.251 e. The van der Waals surface area contributed by atoms with Gasteiger partial charge in [0.05, 0.1) is 13.2 Å². The lowest BCUT2D eigenvalue weighted by molar-refractivity contribution is -0.130. The van der Waals surface area contributed by atoms with E-state index in [0.29, 0.717) is 12.1 Å². The van der Waals surface area contributed by atoms with E-state index in [1.807, 2.05) is 6.07 Å². The Balaban J connectivity index is 2.55. The third-order valence-corrected chi connectivity index (χ3v) is 3.05. The molecule has 108 valence electrons. The summed E-state index contributed by atoms with van der Waals surface area (Å²) in [5, 5.41) is 11.4. The molecule has 5 nitrogen and oxygen atoms in total. The maximum Gasteiger partial charge on any atom is 0.251 e. The number of hydrogen-bond donors (Lipinski definition) is 2. The Labute approximate surface area is 126 Å². The second kappa shape index (κ2) is 8.50. The predicted octanol–water partition coefficient (Wildman–Crippen LogP) is 1.19. The molecule has 2 amide bonds. The van der Waals surface area contributed by atoms with Crippen LogP contribution in [0, 0.1) is 0 Å². The average Bonchev–Trinajstić information content (AvgIpc) is 2.44. The summed E-state index contributed by atoms with van der Waals surface area (Å²) in [5.41, 5.74) is 0.476. The van der Waals surface area contributed by atoms with Crippen LogP contribution in [0.5, 0.6) is 0 Å². The molecule has 1 aromatic carbocycles. The van der Waals surface area contributed by atoms with Gasteiger partial charge in [0.25, 0.3) is 5.91 Å². The monoisotopic (exact) mass is 340 g/mol. The van der Waals surface area contributed by atoms with Crippen molar-refractivity contribution in [2.75, 3.05) is 26.2 Å². The number of carbonyl (C=O) groups excluding carboxylic acids is 2. The van der Waals surface area contributed by atoms with E-state index in [0.717, 1.165) is 4.47 Å². The van der Waals surface area contributed by atoms with Gasteiger partial charge in [-0.1, -0.05) is 28.1 Å². The van der Waals surface area contributed by atoms with Crippen LogP contribution in [0.25, 0.3) is 0 Å². The van der Waals surface area contributed by atoms with Crippen molar-refractivity contribution in [3.63, 3.8) is 0 Å². The summed E-state index contributed by atoms with van der Waals surface area (Å²) in [5.74, 6) is -0.579. The zero-order valence-electron chi connectivity index (χ0n) is 11.0. The van der Waals surface area contributed by atoms with E-state index in [2.05, 4.69) is 27.8 Å². The maximum absolute atomic E-state index is 11.9. The number of hydrogen-bond acceptors (Lipinski definition) is 3. The standard InChI is InChI=1S/C14H17BrN2O3/c1-2-6-17(7-8-18)13(19)10-16-14(20)11-4-3-5-12(15)9-11/h2-5,9,18H,1,6-8,10H2,(H,16,20). The molecular formula is C14H17BrN2O3. The third-order valence-electron chi connectivity index (χ3n) is 2.56. The van der Waals surface area contributed by atoms with Crippen molar-refractivity contribution in [1.82, 2.24) is 10.2 Å². The molecule has 0 bridgehead atoms. The van der Waals surface area contributed by atoms with Gasteiger partial charge in [-0.2, -0.15) is 0 Å². The second-order valence-corrected chi connectivity index (χ2v) is 4.96. The van der Waals surface area contributed by atoms with Crippen molar-refractivity contribution in [2.24, 2.45) is 0 Å². The molecule has 1 aromatic rings. The number of nitrogens with zero attached hydrogens (tertiary/aromatic N) is 1. The average molecular weight is 341 g/mol. The molecule has 20 heavy (non-hydrogen) atoms. The van der Waals surface area contributed by atoms with Gasteiger partial charge in [0.1, 0.15) is 0 Å². The van der Waals surface area contributed by atoms with Gasteiger partial charge in [0.2, 0.25) is 5.91 Å². The second-order valence-electron chi connectivity index (χ2n) is 4.05. The number of nitrogens with one attached hydrogen (secondary N) is 1. The first-order valence-electron chi connectivity index (χ1n) is 6.11. The SMILES string of the molecule is C=CCN(CCO)C(=O)CNC(=O)c1cccc(Br)c1.